The highest BCUT2D eigenvalue weighted by Crippen LogP contribution is 2.28. The predicted octanol–water partition coefficient (Wildman–Crippen LogP) is 1.48. The molecule has 0 spiro atoms. The van der Waals surface area contributed by atoms with E-state index in [2.05, 4.69) is 10.2 Å². The van der Waals surface area contributed by atoms with Crippen molar-refractivity contribution in [2.75, 3.05) is 26.2 Å². The summed E-state index contributed by atoms with van der Waals surface area (Å²) in [4.78, 5) is 14.3. The normalized spacial score (nSPS) is 22.3. The fourth-order valence-corrected chi connectivity index (χ4v) is 3.06. The molecule has 0 bridgehead atoms. The zero-order chi connectivity index (χ0) is 16.1. The molecule has 0 aromatic heterocycles. The Morgan fingerprint density at radius 1 is 1.30 bits per heavy atom. The zero-order valence-corrected chi connectivity index (χ0v) is 13.5. The highest BCUT2D eigenvalue weighted by molar-refractivity contribution is 5.78. The van der Waals surface area contributed by atoms with E-state index in [1.165, 1.54) is 0 Å². The number of carbonyl (C=O) groups is 1. The van der Waals surface area contributed by atoms with E-state index >= 15 is 0 Å². The molecule has 23 heavy (non-hydrogen) atoms. The summed E-state index contributed by atoms with van der Waals surface area (Å²) in [6.07, 6.45) is 3.95. The SMILES string of the molecule is O=C(CN(C[C@@H](O)c1ccccc1)C1CC1)NC[C@H]1CCCO1. The van der Waals surface area contributed by atoms with Gasteiger partial charge in [0.15, 0.2) is 0 Å². The maximum Gasteiger partial charge on any atom is 0.234 e. The van der Waals surface area contributed by atoms with Gasteiger partial charge in [-0.3, -0.25) is 9.69 Å². The molecule has 2 atom stereocenters. The van der Waals surface area contributed by atoms with Crippen LogP contribution in [0.1, 0.15) is 37.4 Å². The van der Waals surface area contributed by atoms with Gasteiger partial charge in [0.1, 0.15) is 0 Å². The van der Waals surface area contributed by atoms with Crippen LogP contribution < -0.4 is 5.32 Å². The largest absolute Gasteiger partial charge is 0.387 e. The van der Waals surface area contributed by atoms with Gasteiger partial charge >= 0.3 is 0 Å². The van der Waals surface area contributed by atoms with Gasteiger partial charge in [0.2, 0.25) is 5.91 Å². The second-order valence-electron chi connectivity index (χ2n) is 6.53. The minimum atomic E-state index is -0.553. The zero-order valence-electron chi connectivity index (χ0n) is 13.5. The van der Waals surface area contributed by atoms with Crippen molar-refractivity contribution in [3.05, 3.63) is 35.9 Å². The smallest absolute Gasteiger partial charge is 0.234 e. The van der Waals surface area contributed by atoms with Crippen molar-refractivity contribution in [2.24, 2.45) is 0 Å². The van der Waals surface area contributed by atoms with Gasteiger partial charge in [0, 0.05) is 25.7 Å². The molecule has 1 saturated heterocycles. The van der Waals surface area contributed by atoms with Gasteiger partial charge in [-0.15, -0.1) is 0 Å². The lowest BCUT2D eigenvalue weighted by Gasteiger charge is -2.25. The van der Waals surface area contributed by atoms with Gasteiger partial charge in [-0.05, 0) is 31.2 Å². The highest BCUT2D eigenvalue weighted by atomic mass is 16.5. The van der Waals surface area contributed by atoms with E-state index in [-0.39, 0.29) is 12.0 Å². The van der Waals surface area contributed by atoms with Gasteiger partial charge in [0.05, 0.1) is 18.8 Å². The Morgan fingerprint density at radius 3 is 2.74 bits per heavy atom. The fourth-order valence-electron chi connectivity index (χ4n) is 3.06. The van der Waals surface area contributed by atoms with Crippen LogP contribution in [0.2, 0.25) is 0 Å². The molecule has 2 fully saturated rings. The van der Waals surface area contributed by atoms with E-state index in [0.29, 0.717) is 25.7 Å². The summed E-state index contributed by atoms with van der Waals surface area (Å²) in [5.74, 6) is 0.0210. The van der Waals surface area contributed by atoms with Gasteiger partial charge in [-0.2, -0.15) is 0 Å². The van der Waals surface area contributed by atoms with Crippen LogP contribution in [0.15, 0.2) is 30.3 Å². The Bertz CT molecular complexity index is 498. The summed E-state index contributed by atoms with van der Waals surface area (Å²) in [5, 5.41) is 13.4. The summed E-state index contributed by atoms with van der Waals surface area (Å²) in [7, 11) is 0. The third-order valence-corrected chi connectivity index (χ3v) is 4.55. The van der Waals surface area contributed by atoms with E-state index in [1.807, 2.05) is 30.3 Å². The highest BCUT2D eigenvalue weighted by Gasteiger charge is 2.32. The molecule has 1 aromatic carbocycles. The number of carbonyl (C=O) groups excluding carboxylic acids is 1. The second kappa shape index (κ2) is 7.90. The Balaban J connectivity index is 1.47. The summed E-state index contributed by atoms with van der Waals surface area (Å²) < 4.78 is 5.52. The van der Waals surface area contributed by atoms with Crippen molar-refractivity contribution in [2.45, 2.75) is 43.9 Å². The fraction of sp³-hybridized carbons (Fsp3) is 0.611. The molecule has 1 aromatic rings. The molecule has 1 amide bonds. The standard InChI is InChI=1S/C18H26N2O3/c21-17(14-5-2-1-3-6-14)12-20(15-8-9-15)13-18(22)19-11-16-7-4-10-23-16/h1-3,5-6,15-17,21H,4,7-13H2,(H,19,22)/t16-,17-/m1/s1. The number of ether oxygens (including phenoxy) is 1. The van der Waals surface area contributed by atoms with Gasteiger partial charge in [0.25, 0.3) is 0 Å². The Kier molecular flexibility index (Phi) is 5.65. The van der Waals surface area contributed by atoms with Crippen molar-refractivity contribution < 1.29 is 14.6 Å². The van der Waals surface area contributed by atoms with Crippen LogP contribution in [-0.4, -0.2) is 54.3 Å². The van der Waals surface area contributed by atoms with Crippen LogP contribution in [0.5, 0.6) is 0 Å². The van der Waals surface area contributed by atoms with Gasteiger partial charge in [-0.1, -0.05) is 30.3 Å². The first kappa shape index (κ1) is 16.4. The van der Waals surface area contributed by atoms with Crippen molar-refractivity contribution in [1.82, 2.24) is 10.2 Å². The first-order valence-corrected chi connectivity index (χ1v) is 8.58. The van der Waals surface area contributed by atoms with E-state index in [1.54, 1.807) is 0 Å². The summed E-state index contributed by atoms with van der Waals surface area (Å²) >= 11 is 0. The number of hydrogen-bond acceptors (Lipinski definition) is 4. The minimum absolute atomic E-state index is 0.0210. The number of nitrogens with one attached hydrogen (secondary N) is 1. The molecule has 5 nitrogen and oxygen atoms in total. The van der Waals surface area contributed by atoms with Gasteiger partial charge < -0.3 is 15.2 Å². The molecule has 1 heterocycles. The molecule has 0 unspecified atom stereocenters. The Morgan fingerprint density at radius 2 is 2.09 bits per heavy atom. The average Bonchev–Trinajstić information content (AvgIpc) is 3.29. The van der Waals surface area contributed by atoms with Crippen molar-refractivity contribution in [1.29, 1.82) is 0 Å². The van der Waals surface area contributed by atoms with E-state index in [9.17, 15) is 9.90 Å². The number of aliphatic hydroxyl groups excluding tert-OH is 1. The quantitative estimate of drug-likeness (QED) is 0.762. The van der Waals surface area contributed by atoms with Crippen molar-refractivity contribution >= 4 is 5.91 Å². The third kappa shape index (κ3) is 5.03. The molecule has 5 heteroatoms. The number of nitrogens with zero attached hydrogens (tertiary/aromatic N) is 1. The third-order valence-electron chi connectivity index (χ3n) is 4.55. The molecule has 2 N–H and O–H groups in total. The molecular formula is C18H26N2O3. The molecule has 2 aliphatic rings. The van der Waals surface area contributed by atoms with Crippen LogP contribution in [0.25, 0.3) is 0 Å². The molecule has 0 radical (unpaired) electrons. The number of benzene rings is 1. The van der Waals surface area contributed by atoms with E-state index in [4.69, 9.17) is 4.74 Å². The first-order valence-electron chi connectivity index (χ1n) is 8.58. The molecular weight excluding hydrogens is 292 g/mol. The number of aliphatic hydroxyl groups is 1. The second-order valence-corrected chi connectivity index (χ2v) is 6.53. The summed E-state index contributed by atoms with van der Waals surface area (Å²) in [6, 6.07) is 10.1. The lowest BCUT2D eigenvalue weighted by Crippen LogP contribution is -2.42. The number of rotatable bonds is 8. The maximum absolute atomic E-state index is 12.2. The average molecular weight is 318 g/mol. The molecule has 3 rings (SSSR count). The lowest BCUT2D eigenvalue weighted by molar-refractivity contribution is -0.123. The molecule has 1 aliphatic heterocycles. The topological polar surface area (TPSA) is 61.8 Å². The van der Waals surface area contributed by atoms with Crippen LogP contribution in [0.4, 0.5) is 0 Å². The lowest BCUT2D eigenvalue weighted by atomic mass is 10.1. The van der Waals surface area contributed by atoms with Crippen LogP contribution in [-0.2, 0) is 9.53 Å². The monoisotopic (exact) mass is 318 g/mol. The molecule has 1 saturated carbocycles. The maximum atomic E-state index is 12.2. The van der Waals surface area contributed by atoms with Crippen molar-refractivity contribution in [3.63, 3.8) is 0 Å². The molecule has 126 valence electrons. The Hall–Kier alpha value is -1.43. The van der Waals surface area contributed by atoms with Gasteiger partial charge in [-0.25, -0.2) is 0 Å². The van der Waals surface area contributed by atoms with Crippen LogP contribution >= 0.6 is 0 Å². The summed E-state index contributed by atoms with van der Waals surface area (Å²) in [6.45, 7) is 2.25. The summed E-state index contributed by atoms with van der Waals surface area (Å²) in [5.41, 5.74) is 0.901. The number of amides is 1. The minimum Gasteiger partial charge on any atom is -0.387 e. The Labute approximate surface area is 137 Å². The van der Waals surface area contributed by atoms with E-state index < -0.39 is 6.10 Å². The molecule has 1 aliphatic carbocycles. The predicted molar refractivity (Wildman–Crippen MR) is 88.0 cm³/mol. The van der Waals surface area contributed by atoms with Crippen LogP contribution in [0, 0.1) is 0 Å². The van der Waals surface area contributed by atoms with Crippen molar-refractivity contribution in [3.8, 4) is 0 Å². The first-order chi connectivity index (χ1) is 11.2. The van der Waals surface area contributed by atoms with E-state index in [0.717, 1.165) is 37.9 Å². The number of hydrogen-bond donors (Lipinski definition) is 2. The van der Waals surface area contributed by atoms with Crippen LogP contribution in [0.3, 0.4) is 0 Å².